The van der Waals surface area contributed by atoms with E-state index in [0.29, 0.717) is 25.2 Å². The molecule has 0 radical (unpaired) electrons. The quantitative estimate of drug-likeness (QED) is 0.620. The smallest absolute Gasteiger partial charge is 0.340 e. The lowest BCUT2D eigenvalue weighted by Gasteiger charge is -2.11. The van der Waals surface area contributed by atoms with Crippen LogP contribution in [0.4, 0.5) is 0 Å². The number of carbonyl (C=O) groups is 2. The van der Waals surface area contributed by atoms with Crippen LogP contribution in [0.25, 0.3) is 0 Å². The molecular formula is C18H22N2O4S2. The maximum atomic E-state index is 12.2. The van der Waals surface area contributed by atoms with Gasteiger partial charge in [-0.1, -0.05) is 18.7 Å². The molecule has 1 atom stereocenters. The number of nitrogens with zero attached hydrogens (tertiary/aromatic N) is 2. The molecule has 2 aromatic rings. The molecule has 0 aromatic carbocycles. The number of hydrogen-bond acceptors (Lipinski definition) is 8. The Balaban J connectivity index is 2.27. The molecule has 2 aromatic heterocycles. The average molecular weight is 395 g/mol. The summed E-state index contributed by atoms with van der Waals surface area (Å²) in [4.78, 5) is 34.5. The Kier molecular flexibility index (Phi) is 7.59. The molecule has 2 heterocycles. The highest BCUT2D eigenvalue weighted by Crippen LogP contribution is 2.38. The van der Waals surface area contributed by atoms with Crippen LogP contribution in [0.1, 0.15) is 54.0 Å². The summed E-state index contributed by atoms with van der Waals surface area (Å²) < 4.78 is 11.0. The van der Waals surface area contributed by atoms with Crippen molar-refractivity contribution in [3.8, 4) is 0 Å². The van der Waals surface area contributed by atoms with Crippen LogP contribution in [0.3, 0.4) is 0 Å². The van der Waals surface area contributed by atoms with Crippen LogP contribution in [0.5, 0.6) is 0 Å². The van der Waals surface area contributed by atoms with Crippen molar-refractivity contribution in [3.63, 3.8) is 0 Å². The molecule has 0 aliphatic heterocycles. The third kappa shape index (κ3) is 4.82. The number of esters is 2. The molecule has 0 aliphatic rings. The number of pyridine rings is 1. The molecule has 0 N–H and O–H groups in total. The number of hydrogen-bond donors (Lipinski definition) is 0. The summed E-state index contributed by atoms with van der Waals surface area (Å²) in [7, 11) is 0. The van der Waals surface area contributed by atoms with Gasteiger partial charge in [0.25, 0.3) is 0 Å². The Morgan fingerprint density at radius 2 is 1.96 bits per heavy atom. The van der Waals surface area contributed by atoms with Gasteiger partial charge in [-0.25, -0.2) is 9.78 Å². The molecule has 0 saturated carbocycles. The predicted octanol–water partition coefficient (Wildman–Crippen LogP) is 4.23. The molecule has 140 valence electrons. The normalized spacial score (nSPS) is 11.8. The zero-order chi connectivity index (χ0) is 19.1. The fourth-order valence-corrected chi connectivity index (χ4v) is 4.80. The zero-order valence-electron chi connectivity index (χ0n) is 15.3. The second kappa shape index (κ2) is 9.68. The Hall–Kier alpha value is -1.93. The number of ether oxygens (including phenoxy) is 2. The summed E-state index contributed by atoms with van der Waals surface area (Å²) in [6.45, 7) is 8.06. The first-order chi connectivity index (χ1) is 12.5. The SMILES string of the molecule is CCOC(=O)c1cnccc1Sc1nc(C)c(C(CC)C(=O)OCC)s1. The topological polar surface area (TPSA) is 78.4 Å². The maximum Gasteiger partial charge on any atom is 0.340 e. The van der Waals surface area contributed by atoms with Crippen LogP contribution in [-0.2, 0) is 14.3 Å². The van der Waals surface area contributed by atoms with Crippen molar-refractivity contribution in [1.82, 2.24) is 9.97 Å². The highest BCUT2D eigenvalue weighted by molar-refractivity contribution is 8.01. The van der Waals surface area contributed by atoms with E-state index >= 15 is 0 Å². The van der Waals surface area contributed by atoms with E-state index in [2.05, 4.69) is 9.97 Å². The monoisotopic (exact) mass is 394 g/mol. The predicted molar refractivity (Wildman–Crippen MR) is 101 cm³/mol. The second-order valence-corrected chi connectivity index (χ2v) is 7.66. The minimum atomic E-state index is -0.408. The van der Waals surface area contributed by atoms with Crippen LogP contribution in [-0.4, -0.2) is 35.1 Å². The van der Waals surface area contributed by atoms with Crippen molar-refractivity contribution in [2.45, 2.75) is 49.3 Å². The van der Waals surface area contributed by atoms with Gasteiger partial charge in [-0.3, -0.25) is 9.78 Å². The van der Waals surface area contributed by atoms with Gasteiger partial charge >= 0.3 is 11.9 Å². The van der Waals surface area contributed by atoms with Gasteiger partial charge < -0.3 is 9.47 Å². The molecule has 0 aliphatic carbocycles. The van der Waals surface area contributed by atoms with Crippen molar-refractivity contribution < 1.29 is 19.1 Å². The third-order valence-corrected chi connectivity index (χ3v) is 5.99. The lowest BCUT2D eigenvalue weighted by atomic mass is 10.0. The minimum absolute atomic E-state index is 0.227. The number of rotatable bonds is 8. The summed E-state index contributed by atoms with van der Waals surface area (Å²) in [5, 5.41) is 0. The Labute approximate surface area is 161 Å². The second-order valence-electron chi connectivity index (χ2n) is 5.34. The Morgan fingerprint density at radius 3 is 2.62 bits per heavy atom. The molecule has 2 rings (SSSR count). The number of aryl methyl sites for hydroxylation is 1. The van der Waals surface area contributed by atoms with E-state index in [-0.39, 0.29) is 11.9 Å². The van der Waals surface area contributed by atoms with E-state index in [9.17, 15) is 9.59 Å². The van der Waals surface area contributed by atoms with Gasteiger partial charge in [0.15, 0.2) is 4.34 Å². The summed E-state index contributed by atoms with van der Waals surface area (Å²) in [6, 6.07) is 1.76. The van der Waals surface area contributed by atoms with E-state index in [4.69, 9.17) is 9.47 Å². The minimum Gasteiger partial charge on any atom is -0.465 e. The Morgan fingerprint density at radius 1 is 1.23 bits per heavy atom. The first-order valence-electron chi connectivity index (χ1n) is 8.44. The van der Waals surface area contributed by atoms with Crippen LogP contribution < -0.4 is 0 Å². The zero-order valence-corrected chi connectivity index (χ0v) is 16.9. The van der Waals surface area contributed by atoms with Gasteiger partial charge in [0.05, 0.1) is 30.4 Å². The van der Waals surface area contributed by atoms with Gasteiger partial charge in [0.1, 0.15) is 0 Å². The fraction of sp³-hybridized carbons (Fsp3) is 0.444. The van der Waals surface area contributed by atoms with Crippen LogP contribution in [0.15, 0.2) is 27.7 Å². The molecule has 6 nitrogen and oxygen atoms in total. The van der Waals surface area contributed by atoms with Crippen molar-refractivity contribution >= 4 is 35.0 Å². The highest BCUT2D eigenvalue weighted by Gasteiger charge is 2.26. The Bertz CT molecular complexity index is 776. The molecule has 0 bridgehead atoms. The van der Waals surface area contributed by atoms with Crippen LogP contribution >= 0.6 is 23.1 Å². The van der Waals surface area contributed by atoms with Gasteiger partial charge in [-0.05, 0) is 33.3 Å². The molecule has 0 spiro atoms. The molecule has 8 heteroatoms. The number of carbonyl (C=O) groups excluding carboxylic acids is 2. The summed E-state index contributed by atoms with van der Waals surface area (Å²) in [5.41, 5.74) is 1.22. The fourth-order valence-electron chi connectivity index (χ4n) is 2.38. The molecule has 1 unspecified atom stereocenters. The van der Waals surface area contributed by atoms with E-state index in [1.807, 2.05) is 13.8 Å². The van der Waals surface area contributed by atoms with Crippen LogP contribution in [0, 0.1) is 6.92 Å². The number of thiazole rings is 1. The van der Waals surface area contributed by atoms with Crippen molar-refractivity contribution in [1.29, 1.82) is 0 Å². The van der Waals surface area contributed by atoms with E-state index in [1.54, 1.807) is 26.1 Å². The number of aromatic nitrogens is 2. The van der Waals surface area contributed by atoms with E-state index in [0.717, 1.165) is 19.8 Å². The van der Waals surface area contributed by atoms with Crippen molar-refractivity contribution in [3.05, 3.63) is 34.6 Å². The van der Waals surface area contributed by atoms with E-state index < -0.39 is 5.97 Å². The average Bonchev–Trinajstić information content (AvgIpc) is 2.96. The summed E-state index contributed by atoms with van der Waals surface area (Å²) in [6.07, 6.45) is 3.77. The molecular weight excluding hydrogens is 372 g/mol. The van der Waals surface area contributed by atoms with Crippen LogP contribution in [0.2, 0.25) is 0 Å². The standard InChI is InChI=1S/C18H22N2O4S2/c1-5-12(16(21)23-6-2)15-11(4)20-18(26-15)25-14-8-9-19-10-13(14)17(22)24-7-3/h8-10,12H,5-7H2,1-4H3. The molecule has 26 heavy (non-hydrogen) atoms. The van der Waals surface area contributed by atoms with E-state index in [1.165, 1.54) is 29.3 Å². The third-order valence-electron chi connectivity index (χ3n) is 3.58. The van der Waals surface area contributed by atoms with Gasteiger partial charge in [-0.2, -0.15) is 0 Å². The largest absolute Gasteiger partial charge is 0.465 e. The van der Waals surface area contributed by atoms with Crippen molar-refractivity contribution in [2.24, 2.45) is 0 Å². The van der Waals surface area contributed by atoms with Crippen molar-refractivity contribution in [2.75, 3.05) is 13.2 Å². The van der Waals surface area contributed by atoms with Gasteiger partial charge in [0, 0.05) is 22.2 Å². The first-order valence-corrected chi connectivity index (χ1v) is 10.1. The first kappa shape index (κ1) is 20.4. The lowest BCUT2D eigenvalue weighted by molar-refractivity contribution is -0.145. The highest BCUT2D eigenvalue weighted by atomic mass is 32.2. The van der Waals surface area contributed by atoms with Gasteiger partial charge in [0.2, 0.25) is 0 Å². The molecule has 0 amide bonds. The maximum absolute atomic E-state index is 12.2. The summed E-state index contributed by atoms with van der Waals surface area (Å²) >= 11 is 2.82. The molecule has 0 fully saturated rings. The molecule has 0 saturated heterocycles. The van der Waals surface area contributed by atoms with Gasteiger partial charge in [-0.15, -0.1) is 11.3 Å². The lowest BCUT2D eigenvalue weighted by Crippen LogP contribution is -2.15. The summed E-state index contributed by atoms with van der Waals surface area (Å²) in [5.74, 6) is -0.951.